The molecule has 27 heavy (non-hydrogen) atoms. The fraction of sp³-hybridized carbons (Fsp3) is 0.286. The third kappa shape index (κ3) is 4.38. The van der Waals surface area contributed by atoms with Crippen LogP contribution < -0.4 is 5.73 Å². The highest BCUT2D eigenvalue weighted by molar-refractivity contribution is 5.85. The molecule has 1 aromatic heterocycles. The molecule has 0 radical (unpaired) electrons. The highest BCUT2D eigenvalue weighted by Gasteiger charge is 2.33. The van der Waals surface area contributed by atoms with Crippen LogP contribution in [0.1, 0.15) is 17.2 Å². The smallest absolute Gasteiger partial charge is 0.226 e. The molecule has 3 aromatic rings. The topological polar surface area (TPSA) is 55.3 Å². The quantitative estimate of drug-likeness (QED) is 0.716. The molecule has 1 aliphatic heterocycles. The van der Waals surface area contributed by atoms with Crippen LogP contribution in [-0.2, 0) is 6.54 Å². The first-order valence-electron chi connectivity index (χ1n) is 8.90. The molecule has 0 aliphatic carbocycles. The monoisotopic (exact) mass is 387 g/mol. The first kappa shape index (κ1) is 19.5. The molecule has 0 saturated carbocycles. The van der Waals surface area contributed by atoms with Crippen molar-refractivity contribution in [3.8, 4) is 11.5 Å². The van der Waals surface area contributed by atoms with Crippen molar-refractivity contribution in [2.24, 2.45) is 11.7 Å². The number of likely N-dealkylation sites (tertiary alicyclic amines) is 1. The highest BCUT2D eigenvalue weighted by atomic mass is 35.5. The van der Waals surface area contributed by atoms with Crippen LogP contribution >= 0.6 is 12.4 Å². The van der Waals surface area contributed by atoms with Crippen LogP contribution in [0.3, 0.4) is 0 Å². The number of halogens is 2. The van der Waals surface area contributed by atoms with E-state index in [-0.39, 0.29) is 18.2 Å². The molecule has 6 heteroatoms. The van der Waals surface area contributed by atoms with Gasteiger partial charge in [-0.15, -0.1) is 12.4 Å². The van der Waals surface area contributed by atoms with Crippen molar-refractivity contribution in [3.63, 3.8) is 0 Å². The van der Waals surface area contributed by atoms with Gasteiger partial charge in [0.2, 0.25) is 5.89 Å². The van der Waals surface area contributed by atoms with Crippen molar-refractivity contribution in [3.05, 3.63) is 77.9 Å². The Morgan fingerprint density at radius 3 is 2.67 bits per heavy atom. The number of hydrogen-bond acceptors (Lipinski definition) is 4. The third-order valence-electron chi connectivity index (χ3n) is 5.06. The first-order chi connectivity index (χ1) is 12.7. The van der Waals surface area contributed by atoms with E-state index in [2.05, 4.69) is 34.1 Å². The lowest BCUT2D eigenvalue weighted by Gasteiger charge is -2.16. The van der Waals surface area contributed by atoms with E-state index in [0.717, 1.165) is 18.8 Å². The molecule has 1 aliphatic rings. The Bertz CT molecular complexity index is 871. The van der Waals surface area contributed by atoms with E-state index >= 15 is 0 Å². The summed E-state index contributed by atoms with van der Waals surface area (Å²) in [5, 5.41) is 0. The molecule has 142 valence electrons. The zero-order valence-electron chi connectivity index (χ0n) is 14.9. The molecule has 0 bridgehead atoms. The Labute approximate surface area is 164 Å². The van der Waals surface area contributed by atoms with E-state index in [1.807, 2.05) is 6.07 Å². The second-order valence-electron chi connectivity index (χ2n) is 6.86. The van der Waals surface area contributed by atoms with Crippen LogP contribution in [0, 0.1) is 11.7 Å². The predicted octanol–water partition coefficient (Wildman–Crippen LogP) is 4.08. The Hall–Kier alpha value is -2.21. The van der Waals surface area contributed by atoms with E-state index in [0.29, 0.717) is 36.4 Å². The molecular weight excluding hydrogens is 365 g/mol. The van der Waals surface area contributed by atoms with Gasteiger partial charge in [-0.05, 0) is 36.2 Å². The number of benzene rings is 2. The predicted molar refractivity (Wildman–Crippen MR) is 106 cm³/mol. The maximum atomic E-state index is 13.4. The SMILES string of the molecule is Cl.NC[C@@H]1CN(Cc2coc(-c3cccc(F)c3)n2)C[C@H]1c1ccccc1. The van der Waals surface area contributed by atoms with Gasteiger partial charge in [0.1, 0.15) is 12.1 Å². The van der Waals surface area contributed by atoms with Crippen molar-refractivity contribution >= 4 is 12.4 Å². The first-order valence-corrected chi connectivity index (χ1v) is 8.90. The summed E-state index contributed by atoms with van der Waals surface area (Å²) >= 11 is 0. The van der Waals surface area contributed by atoms with Crippen molar-refractivity contribution in [2.45, 2.75) is 12.5 Å². The maximum absolute atomic E-state index is 13.4. The zero-order chi connectivity index (χ0) is 17.9. The molecule has 0 spiro atoms. The minimum atomic E-state index is -0.293. The zero-order valence-corrected chi connectivity index (χ0v) is 15.7. The molecular formula is C21H23ClFN3O. The molecule has 1 fully saturated rings. The molecule has 2 aromatic carbocycles. The maximum Gasteiger partial charge on any atom is 0.226 e. The molecule has 2 heterocycles. The summed E-state index contributed by atoms with van der Waals surface area (Å²) < 4.78 is 18.9. The van der Waals surface area contributed by atoms with Crippen molar-refractivity contribution < 1.29 is 8.81 Å². The average molecular weight is 388 g/mol. The summed E-state index contributed by atoms with van der Waals surface area (Å²) in [5.74, 6) is 1.04. The molecule has 2 N–H and O–H groups in total. The van der Waals surface area contributed by atoms with Gasteiger partial charge >= 0.3 is 0 Å². The van der Waals surface area contributed by atoms with Crippen LogP contribution in [0.2, 0.25) is 0 Å². The van der Waals surface area contributed by atoms with Gasteiger partial charge in [0.15, 0.2) is 0 Å². The van der Waals surface area contributed by atoms with Crippen molar-refractivity contribution in [2.75, 3.05) is 19.6 Å². The van der Waals surface area contributed by atoms with Gasteiger partial charge in [-0.25, -0.2) is 9.37 Å². The van der Waals surface area contributed by atoms with Crippen LogP contribution in [0.5, 0.6) is 0 Å². The number of nitrogens with zero attached hydrogens (tertiary/aromatic N) is 2. The fourth-order valence-electron chi connectivity index (χ4n) is 3.77. The minimum Gasteiger partial charge on any atom is -0.444 e. The number of oxazole rings is 1. The summed E-state index contributed by atoms with van der Waals surface area (Å²) in [6, 6.07) is 16.8. The van der Waals surface area contributed by atoms with Crippen LogP contribution in [-0.4, -0.2) is 29.5 Å². The molecule has 2 atom stereocenters. The number of nitrogens with two attached hydrogens (primary N) is 1. The number of aromatic nitrogens is 1. The van der Waals surface area contributed by atoms with Gasteiger partial charge in [0, 0.05) is 31.1 Å². The van der Waals surface area contributed by atoms with Gasteiger partial charge in [0.25, 0.3) is 0 Å². The Morgan fingerprint density at radius 2 is 1.93 bits per heavy atom. The van der Waals surface area contributed by atoms with E-state index in [1.54, 1.807) is 18.4 Å². The van der Waals surface area contributed by atoms with E-state index in [1.165, 1.54) is 17.7 Å². The molecule has 1 saturated heterocycles. The van der Waals surface area contributed by atoms with Crippen LogP contribution in [0.25, 0.3) is 11.5 Å². The minimum absolute atomic E-state index is 0. The summed E-state index contributed by atoms with van der Waals surface area (Å²) in [6.07, 6.45) is 1.66. The lowest BCUT2D eigenvalue weighted by molar-refractivity contribution is 0.312. The highest BCUT2D eigenvalue weighted by Crippen LogP contribution is 2.33. The van der Waals surface area contributed by atoms with E-state index < -0.39 is 0 Å². The molecule has 4 rings (SSSR count). The van der Waals surface area contributed by atoms with Crippen LogP contribution in [0.15, 0.2) is 65.3 Å². The largest absolute Gasteiger partial charge is 0.444 e. The number of rotatable bonds is 5. The molecule has 0 unspecified atom stereocenters. The van der Waals surface area contributed by atoms with E-state index in [4.69, 9.17) is 10.2 Å². The third-order valence-corrected chi connectivity index (χ3v) is 5.06. The summed E-state index contributed by atoms with van der Waals surface area (Å²) in [6.45, 7) is 3.27. The number of hydrogen-bond donors (Lipinski definition) is 1. The van der Waals surface area contributed by atoms with E-state index in [9.17, 15) is 4.39 Å². The Morgan fingerprint density at radius 1 is 1.11 bits per heavy atom. The summed E-state index contributed by atoms with van der Waals surface area (Å²) in [4.78, 5) is 6.89. The Kier molecular flexibility index (Phi) is 6.26. The molecule has 0 amide bonds. The van der Waals surface area contributed by atoms with Gasteiger partial charge in [0.05, 0.1) is 5.69 Å². The van der Waals surface area contributed by atoms with Crippen molar-refractivity contribution in [1.82, 2.24) is 9.88 Å². The second kappa shape index (κ2) is 8.65. The van der Waals surface area contributed by atoms with Gasteiger partial charge in [-0.1, -0.05) is 36.4 Å². The lowest BCUT2D eigenvalue weighted by Crippen LogP contribution is -2.23. The standard InChI is InChI=1S/C21H22FN3O.ClH/c22-18-8-4-7-16(9-18)21-24-19(14-26-21)12-25-11-17(10-23)20(13-25)15-5-2-1-3-6-15;/h1-9,14,17,20H,10-13,23H2;1H/t17-,20+;/m1./s1. The van der Waals surface area contributed by atoms with Gasteiger partial charge < -0.3 is 10.2 Å². The summed E-state index contributed by atoms with van der Waals surface area (Å²) in [7, 11) is 0. The second-order valence-corrected chi connectivity index (χ2v) is 6.86. The fourth-order valence-corrected chi connectivity index (χ4v) is 3.77. The summed E-state index contributed by atoms with van der Waals surface area (Å²) in [5.41, 5.74) is 8.86. The average Bonchev–Trinajstić information content (AvgIpc) is 3.30. The lowest BCUT2D eigenvalue weighted by atomic mass is 9.89. The van der Waals surface area contributed by atoms with Crippen molar-refractivity contribution in [1.29, 1.82) is 0 Å². The molecule has 4 nitrogen and oxygen atoms in total. The van der Waals surface area contributed by atoms with Crippen LogP contribution in [0.4, 0.5) is 4.39 Å². The van der Waals surface area contributed by atoms with Gasteiger partial charge in [-0.2, -0.15) is 0 Å². The normalized spacial score (nSPS) is 19.8. The Balaban J connectivity index is 0.00000210. The van der Waals surface area contributed by atoms with Gasteiger partial charge in [-0.3, -0.25) is 4.90 Å².